The summed E-state index contributed by atoms with van der Waals surface area (Å²) in [4.78, 5) is 13.6. The van der Waals surface area contributed by atoms with Crippen molar-refractivity contribution in [2.45, 2.75) is 38.2 Å². The Morgan fingerprint density at radius 3 is 2.88 bits per heavy atom. The number of terminal acetylenes is 1. The molecule has 8 nitrogen and oxygen atoms in total. The van der Waals surface area contributed by atoms with Crippen molar-refractivity contribution in [3.63, 3.8) is 0 Å². The number of phenolic OH excluding ortho intramolecular Hbond substituents is 1. The molecule has 0 unspecified atom stereocenters. The van der Waals surface area contributed by atoms with E-state index >= 15 is 4.39 Å². The van der Waals surface area contributed by atoms with Crippen LogP contribution in [-0.4, -0.2) is 52.5 Å². The summed E-state index contributed by atoms with van der Waals surface area (Å²) >= 11 is 0. The Balaban J connectivity index is 1.40. The minimum absolute atomic E-state index is 0.0119. The maximum atomic E-state index is 16.5. The standard InChI is InChI=1S/C30H27F2N5O3/c1-2-20-23(31)7-6-17-10-18(38)11-21(24(17)20)26-25(32)27-22(14-33-26)28(37-9-5-3-4-8-34-37)36-29(35-27)40-16-30-12-19(13-30)39-15-30/h1,6-7,10-11,14,19,34,38H,3-5,8-9,12-13,15-16H2. The van der Waals surface area contributed by atoms with Gasteiger partial charge in [0, 0.05) is 35.7 Å². The lowest BCUT2D eigenvalue weighted by atomic mass is 9.71. The Bertz CT molecular complexity index is 1690. The zero-order valence-corrected chi connectivity index (χ0v) is 21.7. The number of hydrazine groups is 1. The number of phenols is 1. The lowest BCUT2D eigenvalue weighted by Crippen LogP contribution is -2.39. The van der Waals surface area contributed by atoms with Gasteiger partial charge in [-0.15, -0.1) is 6.42 Å². The molecule has 4 fully saturated rings. The van der Waals surface area contributed by atoms with Gasteiger partial charge in [0.05, 0.1) is 30.3 Å². The molecule has 2 aromatic heterocycles. The average molecular weight is 544 g/mol. The van der Waals surface area contributed by atoms with E-state index in [1.807, 2.05) is 5.01 Å². The summed E-state index contributed by atoms with van der Waals surface area (Å²) in [6.45, 7) is 2.44. The van der Waals surface area contributed by atoms with Gasteiger partial charge in [-0.3, -0.25) is 9.99 Å². The number of nitrogens with one attached hydrogen (secondary N) is 1. The number of aromatic hydroxyl groups is 1. The van der Waals surface area contributed by atoms with Crippen LogP contribution in [0.4, 0.5) is 14.6 Å². The average Bonchev–Trinajstić information content (AvgIpc) is 3.43. The van der Waals surface area contributed by atoms with E-state index < -0.39 is 11.6 Å². The Labute approximate surface area is 229 Å². The molecule has 1 saturated carbocycles. The summed E-state index contributed by atoms with van der Waals surface area (Å²) in [5, 5.41) is 13.5. The predicted octanol–water partition coefficient (Wildman–Crippen LogP) is 4.86. The van der Waals surface area contributed by atoms with E-state index in [0.717, 1.165) is 38.6 Å². The third-order valence-corrected chi connectivity index (χ3v) is 8.17. The van der Waals surface area contributed by atoms with Crippen LogP contribution in [0.15, 0.2) is 30.5 Å². The van der Waals surface area contributed by atoms with Crippen molar-refractivity contribution in [2.24, 2.45) is 5.41 Å². The summed E-state index contributed by atoms with van der Waals surface area (Å²) < 4.78 is 43.0. The van der Waals surface area contributed by atoms with Crippen LogP contribution < -0.4 is 15.2 Å². The molecule has 0 amide bonds. The number of rotatable bonds is 5. The third-order valence-electron chi connectivity index (χ3n) is 8.17. The number of hydrogen-bond acceptors (Lipinski definition) is 8. The molecular weight excluding hydrogens is 516 g/mol. The smallest absolute Gasteiger partial charge is 0.319 e. The van der Waals surface area contributed by atoms with Crippen molar-refractivity contribution < 1.29 is 23.4 Å². The molecular formula is C30H27F2N5O3. The van der Waals surface area contributed by atoms with Gasteiger partial charge in [-0.2, -0.15) is 9.97 Å². The van der Waals surface area contributed by atoms with Crippen molar-refractivity contribution in [2.75, 3.05) is 31.3 Å². The van der Waals surface area contributed by atoms with Gasteiger partial charge in [-0.05, 0) is 49.3 Å². The minimum atomic E-state index is -0.744. The van der Waals surface area contributed by atoms with Crippen LogP contribution in [-0.2, 0) is 4.74 Å². The molecule has 0 atom stereocenters. The number of nitrogens with zero attached hydrogens (tertiary/aromatic N) is 4. The van der Waals surface area contributed by atoms with Gasteiger partial charge in [0.15, 0.2) is 11.6 Å². The molecule has 40 heavy (non-hydrogen) atoms. The highest BCUT2D eigenvalue weighted by molar-refractivity contribution is 6.03. The van der Waals surface area contributed by atoms with Crippen molar-refractivity contribution in [1.29, 1.82) is 0 Å². The van der Waals surface area contributed by atoms with Crippen molar-refractivity contribution in [3.8, 4) is 35.4 Å². The Hall–Kier alpha value is -4.07. The monoisotopic (exact) mass is 543 g/mol. The molecule has 3 aliphatic heterocycles. The first-order valence-corrected chi connectivity index (χ1v) is 13.5. The van der Waals surface area contributed by atoms with E-state index in [2.05, 4.69) is 26.3 Å². The van der Waals surface area contributed by atoms with Gasteiger partial charge >= 0.3 is 6.01 Å². The molecule has 4 aliphatic rings. The van der Waals surface area contributed by atoms with E-state index in [1.165, 1.54) is 30.5 Å². The lowest BCUT2D eigenvalue weighted by Gasteiger charge is -2.34. The molecule has 204 valence electrons. The van der Waals surface area contributed by atoms with Gasteiger partial charge < -0.3 is 14.6 Å². The maximum Gasteiger partial charge on any atom is 0.319 e. The summed E-state index contributed by atoms with van der Waals surface area (Å²) in [7, 11) is 0. The van der Waals surface area contributed by atoms with Gasteiger partial charge in [0.2, 0.25) is 0 Å². The second-order valence-corrected chi connectivity index (χ2v) is 10.9. The molecule has 2 N–H and O–H groups in total. The summed E-state index contributed by atoms with van der Waals surface area (Å²) in [5.74, 6) is 1.35. The quantitative estimate of drug-likeness (QED) is 0.345. The molecule has 4 aromatic rings. The highest BCUT2D eigenvalue weighted by atomic mass is 19.1. The first kappa shape index (κ1) is 24.9. The van der Waals surface area contributed by atoms with Crippen LogP contribution in [0.25, 0.3) is 32.9 Å². The highest BCUT2D eigenvalue weighted by Crippen LogP contribution is 2.50. The van der Waals surface area contributed by atoms with Crippen LogP contribution in [0, 0.1) is 29.4 Å². The number of ether oxygens (including phenoxy) is 2. The van der Waals surface area contributed by atoms with Gasteiger partial charge in [-0.1, -0.05) is 18.4 Å². The highest BCUT2D eigenvalue weighted by Gasteiger charge is 2.52. The largest absolute Gasteiger partial charge is 0.508 e. The fourth-order valence-corrected chi connectivity index (χ4v) is 6.09. The molecule has 0 spiro atoms. The summed E-state index contributed by atoms with van der Waals surface area (Å²) in [6, 6.07) is 5.56. The van der Waals surface area contributed by atoms with Crippen molar-refractivity contribution >= 4 is 27.5 Å². The van der Waals surface area contributed by atoms with Gasteiger partial charge in [0.1, 0.15) is 22.8 Å². The van der Waals surface area contributed by atoms with Crippen molar-refractivity contribution in [3.05, 3.63) is 47.7 Å². The molecule has 8 rings (SSSR count). The van der Waals surface area contributed by atoms with Crippen LogP contribution in [0.2, 0.25) is 0 Å². The summed E-state index contributed by atoms with van der Waals surface area (Å²) in [6.07, 6.45) is 12.3. The first-order valence-electron chi connectivity index (χ1n) is 13.5. The van der Waals surface area contributed by atoms with E-state index in [4.69, 9.17) is 15.9 Å². The number of halogens is 2. The molecule has 0 radical (unpaired) electrons. The number of anilines is 1. The molecule has 2 bridgehead atoms. The Kier molecular flexibility index (Phi) is 5.95. The van der Waals surface area contributed by atoms with Crippen LogP contribution >= 0.6 is 0 Å². The fourth-order valence-electron chi connectivity index (χ4n) is 6.09. The van der Waals surface area contributed by atoms with Gasteiger partial charge in [-0.25, -0.2) is 14.2 Å². The predicted molar refractivity (Wildman–Crippen MR) is 146 cm³/mol. The van der Waals surface area contributed by atoms with E-state index in [-0.39, 0.29) is 44.9 Å². The molecule has 3 saturated heterocycles. The topological polar surface area (TPSA) is 92.6 Å². The number of pyridine rings is 1. The summed E-state index contributed by atoms with van der Waals surface area (Å²) in [5.41, 5.74) is 3.35. The van der Waals surface area contributed by atoms with E-state index in [1.54, 1.807) is 0 Å². The maximum absolute atomic E-state index is 16.5. The fraction of sp³-hybridized carbons (Fsp3) is 0.367. The van der Waals surface area contributed by atoms with Crippen molar-refractivity contribution in [1.82, 2.24) is 20.4 Å². The number of fused-ring (bicyclic) bond motifs is 3. The SMILES string of the molecule is C#Cc1c(F)ccc2cc(O)cc(-c3ncc4c(N5CCCCCN5)nc(OCC56COC(C5)C6)nc4c3F)c12. The third kappa shape index (κ3) is 4.08. The number of aromatic nitrogens is 3. The zero-order chi connectivity index (χ0) is 27.4. The number of benzene rings is 2. The lowest BCUT2D eigenvalue weighted by molar-refractivity contribution is 0.0785. The molecule has 10 heteroatoms. The second kappa shape index (κ2) is 9.54. The zero-order valence-electron chi connectivity index (χ0n) is 21.7. The first-order chi connectivity index (χ1) is 19.4. The minimum Gasteiger partial charge on any atom is -0.508 e. The Morgan fingerprint density at radius 2 is 2.08 bits per heavy atom. The number of hydrogen-bond donors (Lipinski definition) is 2. The molecule has 5 heterocycles. The van der Waals surface area contributed by atoms with E-state index in [0.29, 0.717) is 42.5 Å². The van der Waals surface area contributed by atoms with Crippen LogP contribution in [0.3, 0.4) is 0 Å². The molecule has 1 aliphatic carbocycles. The molecule has 2 aromatic carbocycles. The van der Waals surface area contributed by atoms with Crippen LogP contribution in [0.1, 0.15) is 37.7 Å². The van der Waals surface area contributed by atoms with Crippen LogP contribution in [0.5, 0.6) is 11.8 Å². The second-order valence-electron chi connectivity index (χ2n) is 10.9. The normalized spacial score (nSPS) is 22.2. The Morgan fingerprint density at radius 1 is 1.20 bits per heavy atom. The van der Waals surface area contributed by atoms with E-state index in [9.17, 15) is 9.50 Å². The van der Waals surface area contributed by atoms with Gasteiger partial charge in [0.25, 0.3) is 0 Å².